The van der Waals surface area contributed by atoms with Crippen LogP contribution in [-0.2, 0) is 0 Å². The lowest BCUT2D eigenvalue weighted by Crippen LogP contribution is -2.08. The predicted octanol–water partition coefficient (Wildman–Crippen LogP) is 11.9. The van der Waals surface area contributed by atoms with Gasteiger partial charge in [0.15, 0.2) is 5.82 Å². The second kappa shape index (κ2) is 12.3. The maximum Gasteiger partial charge on any atom is 0.164 e. The monoisotopic (exact) mass is 757 g/mol. The number of aromatic nitrogens is 7. The minimum Gasteiger partial charge on any atom is -0.305 e. The summed E-state index contributed by atoms with van der Waals surface area (Å²) in [6.07, 6.45) is -1.63. The van der Waals surface area contributed by atoms with Crippen LogP contribution in [-0.4, -0.2) is 33.6 Å². The molecule has 12 aromatic rings. The SMILES string of the molecule is [2H]c1nc2c3c([2H])c([2H])c([2H])c([2H])c3n(-c3cccc(-c4nc(-c5c([2H])c([2H])c([2H])c([2H])c5[2H])c([2H])c(-n5c6c([2H])c([2H])c([2H])c([2H])c6c6c([2H])c([2H])c([2H])c([2H])c65)n4)c3-n3c4c([2H])c([2H])c([2H])nc4c4c([2H])c([2H])c([2H])c([2H])c43)c2c([2H])c1[2H]. The number of hydrogen-bond acceptors (Lipinski definition) is 4. The molecule has 0 radical (unpaired) electrons. The molecule has 7 nitrogen and oxygen atoms in total. The zero-order valence-corrected chi connectivity index (χ0v) is 28.4. The summed E-state index contributed by atoms with van der Waals surface area (Å²) in [4.78, 5) is 18.0. The van der Waals surface area contributed by atoms with E-state index in [9.17, 15) is 13.7 Å². The Labute approximate surface area is 365 Å². The number of benzene rings is 6. The van der Waals surface area contributed by atoms with Gasteiger partial charge >= 0.3 is 0 Å². The van der Waals surface area contributed by atoms with Crippen molar-refractivity contribution < 1.29 is 38.4 Å². The Bertz CT molecular complexity index is 5080. The van der Waals surface area contributed by atoms with Crippen LogP contribution in [0.15, 0.2) is 188 Å². The topological polar surface area (TPSA) is 66.3 Å². The van der Waals surface area contributed by atoms with Crippen molar-refractivity contribution >= 4 is 65.7 Å². The van der Waals surface area contributed by atoms with E-state index in [2.05, 4.69) is 9.97 Å². The minimum atomic E-state index is -0.999. The van der Waals surface area contributed by atoms with Gasteiger partial charge in [0.1, 0.15) is 5.82 Å². The fourth-order valence-corrected chi connectivity index (χ4v) is 7.08. The largest absolute Gasteiger partial charge is 0.305 e. The Morgan fingerprint density at radius 2 is 0.947 bits per heavy atom. The van der Waals surface area contributed by atoms with Gasteiger partial charge < -0.3 is 9.13 Å². The van der Waals surface area contributed by atoms with Gasteiger partial charge in [-0.2, -0.15) is 0 Å². The summed E-state index contributed by atoms with van der Waals surface area (Å²) >= 11 is 0. The smallest absolute Gasteiger partial charge is 0.164 e. The van der Waals surface area contributed by atoms with Crippen LogP contribution in [0, 0.1) is 0 Å². The van der Waals surface area contributed by atoms with Gasteiger partial charge in [-0.05, 0) is 60.5 Å². The maximum atomic E-state index is 9.99. The highest BCUT2D eigenvalue weighted by atomic mass is 15.1. The van der Waals surface area contributed by atoms with Crippen LogP contribution in [0.2, 0.25) is 0 Å². The molecule has 0 aliphatic rings. The fraction of sp³-hybridized carbons (Fsp3) is 0. The van der Waals surface area contributed by atoms with Gasteiger partial charge in [-0.25, -0.2) is 9.97 Å². The third-order valence-corrected chi connectivity index (χ3v) is 9.32. The number of pyridine rings is 2. The van der Waals surface area contributed by atoms with Crippen molar-refractivity contribution in [3.05, 3.63) is 188 Å². The average molecular weight is 758 g/mol. The van der Waals surface area contributed by atoms with E-state index >= 15 is 0 Å². The standard InChI is InChI=1S/C50H31N7/c1-2-15-32(16-3-1)38-31-46(56-39-22-8-4-17-33(39)34-18-5-9-23-40(34)56)54-50(53-38)37-21-12-26-45(55-41-24-10-6-19-35(41)47-43(55)27-13-29-51-47)49(37)57-42-25-11-7-20-36(42)48-44(57)28-14-30-52-48/h1-31H/i1D,2D,3D,4D,5D,6D,7D,8D,9D,10D,11D,13D,14D,15D,16D,17D,18D,19D,20D,22D,23D,24D,25D,27D,28D,29D,30D,31D. The van der Waals surface area contributed by atoms with E-state index in [1.54, 1.807) is 0 Å². The van der Waals surface area contributed by atoms with E-state index in [-0.39, 0.29) is 0 Å². The van der Waals surface area contributed by atoms with Crippen LogP contribution in [0.25, 0.3) is 106 Å². The number of para-hydroxylation sites is 5. The van der Waals surface area contributed by atoms with Crippen molar-refractivity contribution in [1.82, 2.24) is 33.6 Å². The maximum absolute atomic E-state index is 9.99. The van der Waals surface area contributed by atoms with Gasteiger partial charge in [0.2, 0.25) is 0 Å². The Hall–Kier alpha value is -7.90. The summed E-state index contributed by atoms with van der Waals surface area (Å²) in [5.41, 5.74) is -7.30. The molecular formula is C50H31N7. The first-order chi connectivity index (χ1) is 39.9. The fourth-order valence-electron chi connectivity index (χ4n) is 7.08. The molecular weight excluding hydrogens is 699 g/mol. The lowest BCUT2D eigenvalue weighted by molar-refractivity contribution is 1.04. The third kappa shape index (κ3) is 4.66. The van der Waals surface area contributed by atoms with Crippen LogP contribution in [0.5, 0.6) is 0 Å². The van der Waals surface area contributed by atoms with Gasteiger partial charge in [-0.15, -0.1) is 0 Å². The molecule has 0 fully saturated rings. The molecule has 0 saturated heterocycles. The van der Waals surface area contributed by atoms with Gasteiger partial charge in [-0.3, -0.25) is 14.5 Å². The predicted molar refractivity (Wildman–Crippen MR) is 232 cm³/mol. The molecule has 6 aromatic carbocycles. The highest BCUT2D eigenvalue weighted by Crippen LogP contribution is 2.42. The average Bonchev–Trinajstić information content (AvgIpc) is 1.67. The van der Waals surface area contributed by atoms with Crippen LogP contribution >= 0.6 is 0 Å². The molecule has 0 unspecified atom stereocenters. The summed E-state index contributed by atoms with van der Waals surface area (Å²) in [5, 5.41) is -1.87. The van der Waals surface area contributed by atoms with Crippen molar-refractivity contribution in [3.63, 3.8) is 0 Å². The lowest BCUT2D eigenvalue weighted by atomic mass is 10.1. The van der Waals surface area contributed by atoms with Crippen molar-refractivity contribution in [2.45, 2.75) is 0 Å². The molecule has 266 valence electrons. The summed E-state index contributed by atoms with van der Waals surface area (Å²) in [5.74, 6) is -1.63. The zero-order valence-electron chi connectivity index (χ0n) is 56.4. The summed E-state index contributed by atoms with van der Waals surface area (Å²) in [7, 11) is 0. The number of rotatable bonds is 5. The van der Waals surface area contributed by atoms with Crippen LogP contribution in [0.4, 0.5) is 0 Å². The third-order valence-electron chi connectivity index (χ3n) is 9.32. The second-order valence-electron chi connectivity index (χ2n) is 12.3. The van der Waals surface area contributed by atoms with Crippen LogP contribution in [0.1, 0.15) is 38.4 Å². The molecule has 6 aromatic heterocycles. The molecule has 0 aliphatic carbocycles. The first-order valence-electron chi connectivity index (χ1n) is 30.8. The van der Waals surface area contributed by atoms with Gasteiger partial charge in [-0.1, -0.05) is 109 Å². The summed E-state index contributed by atoms with van der Waals surface area (Å²) in [6.45, 7) is 0. The van der Waals surface area contributed by atoms with Gasteiger partial charge in [0.05, 0.1) is 99.6 Å². The summed E-state index contributed by atoms with van der Waals surface area (Å²) < 4.78 is 256. The number of nitrogens with zero attached hydrogens (tertiary/aromatic N) is 7. The second-order valence-corrected chi connectivity index (χ2v) is 12.3. The highest BCUT2D eigenvalue weighted by Gasteiger charge is 2.25. The molecule has 12 rings (SSSR count). The quantitative estimate of drug-likeness (QED) is 0.175. The number of hydrogen-bond donors (Lipinski definition) is 0. The van der Waals surface area contributed by atoms with Crippen molar-refractivity contribution in [3.8, 4) is 39.8 Å². The normalized spacial score (nSPS) is 18.7. The molecule has 7 heteroatoms. The lowest BCUT2D eigenvalue weighted by Gasteiger charge is -2.20. The van der Waals surface area contributed by atoms with Gasteiger partial charge in [0, 0.05) is 51.1 Å². The molecule has 0 saturated carbocycles. The van der Waals surface area contributed by atoms with Gasteiger partial charge in [0.25, 0.3) is 0 Å². The van der Waals surface area contributed by atoms with E-state index in [0.29, 0.717) is 0 Å². The Morgan fingerprint density at radius 3 is 1.58 bits per heavy atom. The molecule has 57 heavy (non-hydrogen) atoms. The summed E-state index contributed by atoms with van der Waals surface area (Å²) in [6, 6.07) is -18.8. The Balaban J connectivity index is 1.41. The van der Waals surface area contributed by atoms with E-state index < -0.39 is 275 Å². The van der Waals surface area contributed by atoms with E-state index in [1.165, 1.54) is 18.2 Å². The first-order valence-corrected chi connectivity index (χ1v) is 16.8. The van der Waals surface area contributed by atoms with Crippen molar-refractivity contribution in [2.75, 3.05) is 0 Å². The Kier molecular flexibility index (Phi) is 3.16. The molecule has 0 atom stereocenters. The van der Waals surface area contributed by atoms with E-state index in [0.717, 1.165) is 13.7 Å². The van der Waals surface area contributed by atoms with Crippen molar-refractivity contribution in [2.24, 2.45) is 0 Å². The first kappa shape index (κ1) is 14.6. The molecule has 0 amide bonds. The number of fused-ring (bicyclic) bond motifs is 9. The van der Waals surface area contributed by atoms with E-state index in [4.69, 9.17) is 34.6 Å². The molecule has 0 spiro atoms. The van der Waals surface area contributed by atoms with Crippen LogP contribution in [0.3, 0.4) is 0 Å². The molecule has 6 heterocycles. The zero-order chi connectivity index (χ0) is 61.8. The highest BCUT2D eigenvalue weighted by molar-refractivity contribution is 6.11. The minimum absolute atomic E-state index is 0.403. The molecule has 0 bridgehead atoms. The molecule has 0 N–H and O–H groups in total. The van der Waals surface area contributed by atoms with Crippen molar-refractivity contribution in [1.29, 1.82) is 0 Å². The van der Waals surface area contributed by atoms with Crippen LogP contribution < -0.4 is 0 Å². The Morgan fingerprint density at radius 1 is 0.439 bits per heavy atom. The molecule has 0 aliphatic heterocycles. The van der Waals surface area contributed by atoms with E-state index in [1.807, 2.05) is 0 Å².